The van der Waals surface area contributed by atoms with Crippen molar-refractivity contribution in [3.8, 4) is 0 Å². The molecule has 0 atom stereocenters. The van der Waals surface area contributed by atoms with Crippen LogP contribution in [-0.4, -0.2) is 31.2 Å². The van der Waals surface area contributed by atoms with Crippen LogP contribution in [0.25, 0.3) is 10.8 Å². The predicted octanol–water partition coefficient (Wildman–Crippen LogP) is 2.79. The molecule has 5 nitrogen and oxygen atoms in total. The van der Waals surface area contributed by atoms with Crippen LogP contribution in [-0.2, 0) is 20.3 Å². The van der Waals surface area contributed by atoms with Crippen LogP contribution in [0.1, 0.15) is 32.3 Å². The first-order chi connectivity index (χ1) is 11.2. The van der Waals surface area contributed by atoms with Gasteiger partial charge in [0, 0.05) is 18.0 Å². The van der Waals surface area contributed by atoms with Gasteiger partial charge in [-0.05, 0) is 49.1 Å². The fourth-order valence-corrected chi connectivity index (χ4v) is 4.02. The van der Waals surface area contributed by atoms with Crippen molar-refractivity contribution in [2.24, 2.45) is 0 Å². The number of anilines is 1. The monoisotopic (exact) mass is 346 g/mol. The number of benzene rings is 2. The molecule has 0 aromatic heterocycles. The van der Waals surface area contributed by atoms with E-state index in [0.717, 1.165) is 22.0 Å². The third-order valence-corrected chi connectivity index (χ3v) is 5.42. The summed E-state index contributed by atoms with van der Waals surface area (Å²) in [6.45, 7) is 4.26. The van der Waals surface area contributed by atoms with Gasteiger partial charge in [0.25, 0.3) is 0 Å². The van der Waals surface area contributed by atoms with Gasteiger partial charge in [-0.2, -0.15) is 0 Å². The number of fused-ring (bicyclic) bond motifs is 3. The Balaban J connectivity index is 1.92. The SMILES string of the molecule is CC1(C)C(=O)N(CCCCS(=O)(=O)[O-])c2ccc3ccccc3c21. The van der Waals surface area contributed by atoms with Gasteiger partial charge in [-0.15, -0.1) is 0 Å². The zero-order valence-corrected chi connectivity index (χ0v) is 14.6. The van der Waals surface area contributed by atoms with Gasteiger partial charge in [-0.3, -0.25) is 4.79 Å². The lowest BCUT2D eigenvalue weighted by molar-refractivity contribution is -0.122. The molecule has 0 aliphatic carbocycles. The summed E-state index contributed by atoms with van der Waals surface area (Å²) < 4.78 is 32.1. The van der Waals surface area contributed by atoms with Crippen LogP contribution >= 0.6 is 0 Å². The average molecular weight is 346 g/mol. The van der Waals surface area contributed by atoms with Crippen LogP contribution < -0.4 is 4.90 Å². The summed E-state index contributed by atoms with van der Waals surface area (Å²) in [5, 5.41) is 2.16. The maximum atomic E-state index is 12.9. The molecule has 1 aliphatic heterocycles. The van der Waals surface area contributed by atoms with Crippen molar-refractivity contribution >= 4 is 32.5 Å². The van der Waals surface area contributed by atoms with Crippen molar-refractivity contribution in [3.05, 3.63) is 42.0 Å². The standard InChI is InChI=1S/C18H21NO4S/c1-18(2)16-14-8-4-3-7-13(14)9-10-15(16)19(17(18)20)11-5-6-12-24(21,22)23/h3-4,7-10H,5-6,11-12H2,1-2H3,(H,21,22,23)/p-1. The minimum atomic E-state index is -4.20. The topological polar surface area (TPSA) is 77.5 Å². The van der Waals surface area contributed by atoms with Crippen molar-refractivity contribution in [2.75, 3.05) is 17.2 Å². The third kappa shape index (κ3) is 2.91. The van der Waals surface area contributed by atoms with Gasteiger partial charge in [0.2, 0.25) is 5.91 Å². The van der Waals surface area contributed by atoms with Crippen LogP contribution in [0.15, 0.2) is 36.4 Å². The number of amides is 1. The first-order valence-corrected chi connectivity index (χ1v) is 9.57. The molecule has 24 heavy (non-hydrogen) atoms. The lowest BCUT2D eigenvalue weighted by Crippen LogP contribution is -2.36. The van der Waals surface area contributed by atoms with Gasteiger partial charge in [0.1, 0.15) is 0 Å². The van der Waals surface area contributed by atoms with Crippen LogP contribution in [0.4, 0.5) is 5.69 Å². The van der Waals surface area contributed by atoms with Gasteiger partial charge in [-0.25, -0.2) is 8.42 Å². The molecular formula is C18H20NO4S-. The summed E-state index contributed by atoms with van der Waals surface area (Å²) in [6, 6.07) is 11.9. The maximum absolute atomic E-state index is 12.9. The smallest absolute Gasteiger partial charge is 0.237 e. The van der Waals surface area contributed by atoms with Gasteiger partial charge in [-0.1, -0.05) is 30.3 Å². The molecule has 0 N–H and O–H groups in total. The molecule has 0 saturated carbocycles. The summed E-state index contributed by atoms with van der Waals surface area (Å²) in [7, 11) is -4.20. The lowest BCUT2D eigenvalue weighted by Gasteiger charge is -2.20. The van der Waals surface area contributed by atoms with E-state index in [9.17, 15) is 17.8 Å². The number of carbonyl (C=O) groups is 1. The number of rotatable bonds is 5. The minimum Gasteiger partial charge on any atom is -0.748 e. The average Bonchev–Trinajstić information content (AvgIpc) is 2.71. The molecular weight excluding hydrogens is 326 g/mol. The third-order valence-electron chi connectivity index (χ3n) is 4.63. The van der Waals surface area contributed by atoms with Gasteiger partial charge < -0.3 is 9.45 Å². The van der Waals surface area contributed by atoms with Crippen molar-refractivity contribution in [1.82, 2.24) is 0 Å². The fraction of sp³-hybridized carbons (Fsp3) is 0.389. The van der Waals surface area contributed by atoms with Crippen molar-refractivity contribution in [2.45, 2.75) is 32.1 Å². The van der Waals surface area contributed by atoms with E-state index >= 15 is 0 Å². The number of carbonyl (C=O) groups excluding carboxylic acids is 1. The summed E-state index contributed by atoms with van der Waals surface area (Å²) in [6.07, 6.45) is 0.745. The Morgan fingerprint density at radius 3 is 2.50 bits per heavy atom. The Hall–Kier alpha value is -1.92. The first-order valence-electron chi connectivity index (χ1n) is 7.99. The Labute approximate surface area is 142 Å². The lowest BCUT2D eigenvalue weighted by atomic mass is 9.83. The van der Waals surface area contributed by atoms with E-state index in [0.29, 0.717) is 13.0 Å². The van der Waals surface area contributed by atoms with E-state index in [2.05, 4.69) is 0 Å². The molecule has 2 aromatic carbocycles. The van der Waals surface area contributed by atoms with E-state index in [1.165, 1.54) is 0 Å². The van der Waals surface area contributed by atoms with Crippen molar-refractivity contribution in [3.63, 3.8) is 0 Å². The van der Waals surface area contributed by atoms with Crippen molar-refractivity contribution < 1.29 is 17.8 Å². The molecule has 0 saturated heterocycles. The highest BCUT2D eigenvalue weighted by atomic mass is 32.2. The largest absolute Gasteiger partial charge is 0.748 e. The second-order valence-electron chi connectivity index (χ2n) is 6.73. The van der Waals surface area contributed by atoms with Gasteiger partial charge in [0.05, 0.1) is 15.5 Å². The zero-order valence-electron chi connectivity index (χ0n) is 13.8. The highest BCUT2D eigenvalue weighted by Gasteiger charge is 2.44. The second kappa shape index (κ2) is 5.86. The quantitative estimate of drug-likeness (QED) is 0.616. The van der Waals surface area contributed by atoms with Crippen LogP contribution in [0, 0.1) is 0 Å². The molecule has 0 radical (unpaired) electrons. The zero-order chi connectivity index (χ0) is 17.5. The fourth-order valence-electron chi connectivity index (χ4n) is 3.47. The molecule has 6 heteroatoms. The van der Waals surface area contributed by atoms with Crippen LogP contribution in [0.2, 0.25) is 0 Å². The van der Waals surface area contributed by atoms with E-state index in [1.807, 2.05) is 50.2 Å². The Morgan fingerprint density at radius 2 is 1.79 bits per heavy atom. The Morgan fingerprint density at radius 1 is 1.08 bits per heavy atom. The highest BCUT2D eigenvalue weighted by Crippen LogP contribution is 2.45. The molecule has 0 unspecified atom stereocenters. The van der Waals surface area contributed by atoms with E-state index in [4.69, 9.17) is 0 Å². The van der Waals surface area contributed by atoms with Crippen LogP contribution in [0.5, 0.6) is 0 Å². The summed E-state index contributed by atoms with van der Waals surface area (Å²) >= 11 is 0. The van der Waals surface area contributed by atoms with Gasteiger partial charge >= 0.3 is 0 Å². The number of hydrogen-bond acceptors (Lipinski definition) is 4. The molecule has 1 aliphatic rings. The predicted molar refractivity (Wildman–Crippen MR) is 93.1 cm³/mol. The molecule has 3 rings (SSSR count). The number of unbranched alkanes of at least 4 members (excludes halogenated alkanes) is 1. The van der Waals surface area contributed by atoms with E-state index in [-0.39, 0.29) is 18.1 Å². The summed E-state index contributed by atoms with van der Waals surface area (Å²) in [5.74, 6) is -0.373. The van der Waals surface area contributed by atoms with Crippen molar-refractivity contribution in [1.29, 1.82) is 0 Å². The minimum absolute atomic E-state index is 0.0128. The van der Waals surface area contributed by atoms with E-state index < -0.39 is 15.5 Å². The molecule has 1 amide bonds. The van der Waals surface area contributed by atoms with Gasteiger partial charge in [0.15, 0.2) is 0 Å². The number of hydrogen-bond donors (Lipinski definition) is 0. The Bertz CT molecular complexity index is 902. The first kappa shape index (κ1) is 16.9. The number of nitrogens with zero attached hydrogens (tertiary/aromatic N) is 1. The molecule has 0 fully saturated rings. The van der Waals surface area contributed by atoms with E-state index in [1.54, 1.807) is 4.90 Å². The summed E-state index contributed by atoms with van der Waals surface area (Å²) in [5.41, 5.74) is 1.27. The highest BCUT2D eigenvalue weighted by molar-refractivity contribution is 7.85. The maximum Gasteiger partial charge on any atom is 0.237 e. The molecule has 0 spiro atoms. The normalized spacial score (nSPS) is 16.6. The van der Waals surface area contributed by atoms with Crippen LogP contribution in [0.3, 0.4) is 0 Å². The second-order valence-corrected chi connectivity index (χ2v) is 8.26. The molecule has 128 valence electrons. The molecule has 2 aromatic rings. The Kier molecular flexibility index (Phi) is 4.13. The molecule has 1 heterocycles. The summed E-state index contributed by atoms with van der Waals surface area (Å²) in [4.78, 5) is 14.6. The molecule has 0 bridgehead atoms.